The summed E-state index contributed by atoms with van der Waals surface area (Å²) in [6.45, 7) is 0.858. The molecule has 0 spiro atoms. The summed E-state index contributed by atoms with van der Waals surface area (Å²) < 4.78 is 11.3. The Kier molecular flexibility index (Phi) is 2.73. The fraction of sp³-hybridized carbons (Fsp3) is 0.333. The average Bonchev–Trinajstić information content (AvgIpc) is 2.91. The molecule has 0 N–H and O–H groups in total. The van der Waals surface area contributed by atoms with Gasteiger partial charge in [0.25, 0.3) is 0 Å². The Labute approximate surface area is 101 Å². The molecule has 2 aromatic rings. The highest BCUT2D eigenvalue weighted by Crippen LogP contribution is 2.39. The number of hydrogen-bond donors (Lipinski definition) is 0. The summed E-state index contributed by atoms with van der Waals surface area (Å²) in [6, 6.07) is 12.6. The van der Waals surface area contributed by atoms with Crippen molar-refractivity contribution < 1.29 is 9.47 Å². The van der Waals surface area contributed by atoms with Crippen LogP contribution >= 0.6 is 0 Å². The van der Waals surface area contributed by atoms with Crippen LogP contribution in [0.1, 0.15) is 24.5 Å². The predicted molar refractivity (Wildman–Crippen MR) is 68.4 cm³/mol. The summed E-state index contributed by atoms with van der Waals surface area (Å²) in [5, 5.41) is 2.50. The Morgan fingerprint density at radius 2 is 2.06 bits per heavy atom. The monoisotopic (exact) mass is 228 g/mol. The van der Waals surface area contributed by atoms with E-state index in [0.29, 0.717) is 0 Å². The van der Waals surface area contributed by atoms with E-state index >= 15 is 0 Å². The van der Waals surface area contributed by atoms with Gasteiger partial charge in [-0.05, 0) is 29.7 Å². The van der Waals surface area contributed by atoms with E-state index in [4.69, 9.17) is 9.47 Å². The highest BCUT2D eigenvalue weighted by atomic mass is 16.5. The molecule has 88 valence electrons. The standard InChI is InChI=1S/C15H16O2/c1-16-13-9-8-11-5-2-3-6-12(11)15(13)14-7-4-10-17-14/h2-3,5-6,8-9,14H,4,7,10H2,1H3. The molecular formula is C15H16O2. The summed E-state index contributed by atoms with van der Waals surface area (Å²) in [5.41, 5.74) is 1.21. The molecule has 1 heterocycles. The van der Waals surface area contributed by atoms with Gasteiger partial charge >= 0.3 is 0 Å². The number of ether oxygens (including phenoxy) is 2. The van der Waals surface area contributed by atoms with Crippen LogP contribution in [0.25, 0.3) is 10.8 Å². The van der Waals surface area contributed by atoms with Crippen LogP contribution in [0.3, 0.4) is 0 Å². The van der Waals surface area contributed by atoms with Crippen LogP contribution in [0.5, 0.6) is 5.75 Å². The van der Waals surface area contributed by atoms with Gasteiger partial charge in [0, 0.05) is 12.2 Å². The number of benzene rings is 2. The van der Waals surface area contributed by atoms with Gasteiger partial charge in [-0.25, -0.2) is 0 Å². The Morgan fingerprint density at radius 1 is 1.18 bits per heavy atom. The first-order valence-electron chi connectivity index (χ1n) is 6.07. The molecule has 17 heavy (non-hydrogen) atoms. The van der Waals surface area contributed by atoms with Crippen molar-refractivity contribution in [1.29, 1.82) is 0 Å². The number of methoxy groups -OCH3 is 1. The van der Waals surface area contributed by atoms with E-state index in [1.165, 1.54) is 16.3 Å². The van der Waals surface area contributed by atoms with Crippen LogP contribution in [0.2, 0.25) is 0 Å². The van der Waals surface area contributed by atoms with Gasteiger partial charge in [-0.2, -0.15) is 0 Å². The molecular weight excluding hydrogens is 212 g/mol. The predicted octanol–water partition coefficient (Wildman–Crippen LogP) is 3.70. The maximum atomic E-state index is 5.81. The molecule has 1 unspecified atom stereocenters. The zero-order valence-electron chi connectivity index (χ0n) is 9.98. The topological polar surface area (TPSA) is 18.5 Å². The van der Waals surface area contributed by atoms with Gasteiger partial charge in [0.05, 0.1) is 13.2 Å². The highest BCUT2D eigenvalue weighted by Gasteiger charge is 2.23. The van der Waals surface area contributed by atoms with Gasteiger partial charge in [0.15, 0.2) is 0 Å². The summed E-state index contributed by atoms with van der Waals surface area (Å²) in [5.74, 6) is 0.940. The van der Waals surface area contributed by atoms with Gasteiger partial charge < -0.3 is 9.47 Å². The van der Waals surface area contributed by atoms with E-state index in [2.05, 4.69) is 30.3 Å². The van der Waals surface area contributed by atoms with Gasteiger partial charge in [0.1, 0.15) is 5.75 Å². The summed E-state index contributed by atoms with van der Waals surface area (Å²) >= 11 is 0. The van der Waals surface area contributed by atoms with Crippen LogP contribution < -0.4 is 4.74 Å². The molecule has 1 atom stereocenters. The maximum Gasteiger partial charge on any atom is 0.125 e. The lowest BCUT2D eigenvalue weighted by Crippen LogP contribution is -2.00. The molecule has 1 aliphatic rings. The van der Waals surface area contributed by atoms with Gasteiger partial charge in [-0.15, -0.1) is 0 Å². The second-order valence-electron chi connectivity index (χ2n) is 4.40. The van der Waals surface area contributed by atoms with Crippen LogP contribution in [-0.2, 0) is 4.74 Å². The number of fused-ring (bicyclic) bond motifs is 1. The molecule has 2 nitrogen and oxygen atoms in total. The maximum absolute atomic E-state index is 5.81. The second-order valence-corrected chi connectivity index (χ2v) is 4.40. The third-order valence-corrected chi connectivity index (χ3v) is 3.40. The van der Waals surface area contributed by atoms with Crippen molar-refractivity contribution in [1.82, 2.24) is 0 Å². The van der Waals surface area contributed by atoms with Crippen LogP contribution in [0.4, 0.5) is 0 Å². The molecule has 1 saturated heterocycles. The van der Waals surface area contributed by atoms with E-state index < -0.39 is 0 Å². The lowest BCUT2D eigenvalue weighted by molar-refractivity contribution is 0.111. The summed E-state index contributed by atoms with van der Waals surface area (Å²) in [4.78, 5) is 0. The lowest BCUT2D eigenvalue weighted by Gasteiger charge is -2.17. The van der Waals surface area contributed by atoms with E-state index in [-0.39, 0.29) is 6.10 Å². The quantitative estimate of drug-likeness (QED) is 0.780. The zero-order chi connectivity index (χ0) is 11.7. The van der Waals surface area contributed by atoms with Crippen molar-refractivity contribution >= 4 is 10.8 Å². The lowest BCUT2D eigenvalue weighted by atomic mass is 9.98. The van der Waals surface area contributed by atoms with Crippen molar-refractivity contribution in [2.75, 3.05) is 13.7 Å². The van der Waals surface area contributed by atoms with E-state index in [9.17, 15) is 0 Å². The Hall–Kier alpha value is -1.54. The highest BCUT2D eigenvalue weighted by molar-refractivity contribution is 5.88. The Morgan fingerprint density at radius 3 is 2.82 bits per heavy atom. The normalized spacial score (nSPS) is 19.7. The third kappa shape index (κ3) is 1.79. The van der Waals surface area contributed by atoms with Crippen molar-refractivity contribution in [3.05, 3.63) is 42.0 Å². The third-order valence-electron chi connectivity index (χ3n) is 3.40. The minimum atomic E-state index is 0.191. The van der Waals surface area contributed by atoms with Gasteiger partial charge in [0.2, 0.25) is 0 Å². The van der Waals surface area contributed by atoms with E-state index in [1.54, 1.807) is 7.11 Å². The zero-order valence-corrected chi connectivity index (χ0v) is 9.98. The van der Waals surface area contributed by atoms with Crippen LogP contribution in [0, 0.1) is 0 Å². The average molecular weight is 228 g/mol. The molecule has 1 fully saturated rings. The first-order chi connectivity index (χ1) is 8.40. The van der Waals surface area contributed by atoms with Crippen LogP contribution in [-0.4, -0.2) is 13.7 Å². The molecule has 1 aliphatic heterocycles. The van der Waals surface area contributed by atoms with Gasteiger partial charge in [-0.1, -0.05) is 30.3 Å². The molecule has 0 radical (unpaired) electrons. The number of hydrogen-bond acceptors (Lipinski definition) is 2. The smallest absolute Gasteiger partial charge is 0.125 e. The second kappa shape index (κ2) is 4.38. The fourth-order valence-corrected chi connectivity index (χ4v) is 2.59. The first-order valence-corrected chi connectivity index (χ1v) is 6.07. The molecule has 3 rings (SSSR count). The Balaban J connectivity index is 2.23. The molecule has 2 aromatic carbocycles. The molecule has 0 aromatic heterocycles. The van der Waals surface area contributed by atoms with Crippen LogP contribution in [0.15, 0.2) is 36.4 Å². The SMILES string of the molecule is COc1ccc2ccccc2c1C1CCCO1. The van der Waals surface area contributed by atoms with Crippen molar-refractivity contribution in [2.45, 2.75) is 18.9 Å². The largest absolute Gasteiger partial charge is 0.496 e. The minimum Gasteiger partial charge on any atom is -0.496 e. The number of rotatable bonds is 2. The fourth-order valence-electron chi connectivity index (χ4n) is 2.59. The van der Waals surface area contributed by atoms with E-state index in [0.717, 1.165) is 25.2 Å². The van der Waals surface area contributed by atoms with Crippen molar-refractivity contribution in [3.8, 4) is 5.75 Å². The summed E-state index contributed by atoms with van der Waals surface area (Å²) in [7, 11) is 1.72. The minimum absolute atomic E-state index is 0.191. The molecule has 0 saturated carbocycles. The van der Waals surface area contributed by atoms with Crippen molar-refractivity contribution in [3.63, 3.8) is 0 Å². The van der Waals surface area contributed by atoms with Crippen molar-refractivity contribution in [2.24, 2.45) is 0 Å². The Bertz CT molecular complexity index is 527. The van der Waals surface area contributed by atoms with E-state index in [1.807, 2.05) is 6.07 Å². The molecule has 0 amide bonds. The molecule has 0 bridgehead atoms. The van der Waals surface area contributed by atoms with Gasteiger partial charge in [-0.3, -0.25) is 0 Å². The first kappa shape index (κ1) is 10.6. The summed E-state index contributed by atoms with van der Waals surface area (Å²) in [6.07, 6.45) is 2.41. The molecule has 0 aliphatic carbocycles. The molecule has 2 heteroatoms.